The van der Waals surface area contributed by atoms with Gasteiger partial charge in [0.25, 0.3) is 0 Å². The molecule has 5 atom stereocenters. The third-order valence-corrected chi connectivity index (χ3v) is 6.76. The van der Waals surface area contributed by atoms with Crippen molar-refractivity contribution >= 4 is 5.78 Å². The molecule has 1 unspecified atom stereocenters. The van der Waals surface area contributed by atoms with E-state index in [4.69, 9.17) is 4.74 Å². The summed E-state index contributed by atoms with van der Waals surface area (Å²) in [6, 6.07) is 5.14. The molecule has 110 valence electrons. The first kappa shape index (κ1) is 12.2. The van der Waals surface area contributed by atoms with E-state index >= 15 is 0 Å². The van der Waals surface area contributed by atoms with E-state index in [0.29, 0.717) is 24.2 Å². The van der Waals surface area contributed by atoms with Gasteiger partial charge in [0.15, 0.2) is 11.9 Å². The molecule has 1 aromatic rings. The minimum atomic E-state index is -0.193. The summed E-state index contributed by atoms with van der Waals surface area (Å²) in [7, 11) is 2.33. The molecule has 0 radical (unpaired) electrons. The summed E-state index contributed by atoms with van der Waals surface area (Å²) in [5.74, 6) is 2.02. The number of carbonyl (C=O) groups is 1. The molecule has 0 amide bonds. The van der Waals surface area contributed by atoms with Crippen LogP contribution < -0.4 is 9.64 Å². The van der Waals surface area contributed by atoms with Crippen LogP contribution in [0.2, 0.25) is 0 Å². The first-order valence-electron chi connectivity index (χ1n) is 8.27. The maximum absolute atomic E-state index is 12.6. The topological polar surface area (TPSA) is 30.7 Å². The number of carbonyl (C=O) groups excluding carboxylic acids is 1. The third-order valence-electron chi connectivity index (χ3n) is 6.76. The molecule has 1 spiro atoms. The van der Waals surface area contributed by atoms with Crippen molar-refractivity contribution in [2.45, 2.75) is 50.2 Å². The lowest BCUT2D eigenvalue weighted by atomic mass is 9.51. The molecule has 0 aromatic heterocycles. The molecule has 2 bridgehead atoms. The number of rotatable bonds is 0. The van der Waals surface area contributed by atoms with Crippen LogP contribution in [0.5, 0.6) is 5.75 Å². The number of Topliss-reactive ketones (excluding diaryl/α,β-unsaturated/α-hetero) is 1. The number of ether oxygens (including phenoxy) is 1. The lowest BCUT2D eigenvalue weighted by Crippen LogP contribution is -3.16. The fourth-order valence-electron chi connectivity index (χ4n) is 5.82. The molecule has 2 fully saturated rings. The summed E-state index contributed by atoms with van der Waals surface area (Å²) in [6.07, 6.45) is 3.85. The molecule has 1 N–H and O–H groups in total. The van der Waals surface area contributed by atoms with E-state index in [1.165, 1.54) is 23.2 Å². The predicted molar refractivity (Wildman–Crippen MR) is 78.9 cm³/mol. The molecule has 1 saturated heterocycles. The van der Waals surface area contributed by atoms with E-state index in [1.807, 2.05) is 0 Å². The van der Waals surface area contributed by atoms with Crippen molar-refractivity contribution < 1.29 is 14.4 Å². The van der Waals surface area contributed by atoms with Gasteiger partial charge in [0.05, 0.1) is 25.0 Å². The zero-order valence-electron chi connectivity index (χ0n) is 12.7. The number of likely N-dealkylation sites (N-methyl/N-ethyl adjacent to an activating group) is 1. The molecule has 5 rings (SSSR count). The molecular weight excluding hydrogens is 262 g/mol. The van der Waals surface area contributed by atoms with Crippen LogP contribution in [0.15, 0.2) is 12.1 Å². The molecule has 21 heavy (non-hydrogen) atoms. The summed E-state index contributed by atoms with van der Waals surface area (Å²) in [5.41, 5.74) is 4.09. The van der Waals surface area contributed by atoms with Crippen molar-refractivity contribution in [1.82, 2.24) is 0 Å². The molecule has 1 aromatic carbocycles. The smallest absolute Gasteiger partial charge is 0.174 e. The largest absolute Gasteiger partial charge is 0.481 e. The van der Waals surface area contributed by atoms with E-state index < -0.39 is 0 Å². The summed E-state index contributed by atoms with van der Waals surface area (Å²) >= 11 is 0. The molecule has 2 aliphatic carbocycles. The van der Waals surface area contributed by atoms with Crippen LogP contribution in [-0.4, -0.2) is 31.5 Å². The Morgan fingerprint density at radius 3 is 3.10 bits per heavy atom. The SMILES string of the molecule is Cc1ccc2c3c1O[C@@H]1C(=O)CC[C@@H]4[C@H](C2)[NH+](C)CC[C@@]314. The predicted octanol–water partition coefficient (Wildman–Crippen LogP) is 0.816. The standard InChI is InChI=1S/C18H21NO2/c1-10-3-4-11-9-13-12-5-6-14(20)17-18(12,7-8-19(13)2)15(11)16(10)21-17/h3-4,12-13,17H,5-9H2,1-2H3/p+1/t12-,13+,17-,18-/m1/s1. The number of piperidine rings is 1. The van der Waals surface area contributed by atoms with Crippen molar-refractivity contribution in [2.75, 3.05) is 13.6 Å². The van der Waals surface area contributed by atoms with E-state index in [0.717, 1.165) is 25.0 Å². The van der Waals surface area contributed by atoms with Gasteiger partial charge in [-0.05, 0) is 24.5 Å². The number of benzene rings is 1. The number of likely N-dealkylation sites (tertiary alicyclic amines) is 1. The molecule has 2 heterocycles. The fourth-order valence-corrected chi connectivity index (χ4v) is 5.82. The molecule has 3 heteroatoms. The lowest BCUT2D eigenvalue weighted by Gasteiger charge is -2.54. The average Bonchev–Trinajstić information content (AvgIpc) is 2.83. The van der Waals surface area contributed by atoms with E-state index in [2.05, 4.69) is 26.1 Å². The van der Waals surface area contributed by atoms with Gasteiger partial charge >= 0.3 is 0 Å². The maximum atomic E-state index is 12.6. The second-order valence-corrected chi connectivity index (χ2v) is 7.55. The van der Waals surface area contributed by atoms with Gasteiger partial charge in [-0.25, -0.2) is 0 Å². The van der Waals surface area contributed by atoms with Crippen LogP contribution in [0.1, 0.15) is 36.0 Å². The Morgan fingerprint density at radius 2 is 2.24 bits per heavy atom. The van der Waals surface area contributed by atoms with Crippen LogP contribution in [0, 0.1) is 12.8 Å². The highest BCUT2D eigenvalue weighted by Gasteiger charge is 2.66. The minimum Gasteiger partial charge on any atom is -0.481 e. The molecule has 4 aliphatic rings. The van der Waals surface area contributed by atoms with Gasteiger partial charge in [-0.1, -0.05) is 12.1 Å². The maximum Gasteiger partial charge on any atom is 0.174 e. The van der Waals surface area contributed by atoms with Crippen LogP contribution in [0.3, 0.4) is 0 Å². The van der Waals surface area contributed by atoms with Crippen LogP contribution >= 0.6 is 0 Å². The number of quaternary nitrogens is 1. The van der Waals surface area contributed by atoms with Crippen molar-refractivity contribution in [1.29, 1.82) is 0 Å². The van der Waals surface area contributed by atoms with Crippen molar-refractivity contribution in [2.24, 2.45) is 5.92 Å². The number of ketones is 1. The minimum absolute atomic E-state index is 0.00838. The Bertz CT molecular complexity index is 667. The van der Waals surface area contributed by atoms with Gasteiger partial charge < -0.3 is 9.64 Å². The Kier molecular flexibility index (Phi) is 2.15. The normalized spacial score (nSPS) is 42.5. The Hall–Kier alpha value is -1.35. The zero-order valence-corrected chi connectivity index (χ0v) is 12.7. The highest BCUT2D eigenvalue weighted by atomic mass is 16.5. The summed E-state index contributed by atoms with van der Waals surface area (Å²) in [6.45, 7) is 3.29. The van der Waals surface area contributed by atoms with Gasteiger partial charge in [0, 0.05) is 30.7 Å². The molecule has 2 aliphatic heterocycles. The number of hydrogen-bond donors (Lipinski definition) is 1. The van der Waals surface area contributed by atoms with E-state index in [9.17, 15) is 4.79 Å². The van der Waals surface area contributed by atoms with Crippen molar-refractivity contribution in [3.8, 4) is 5.75 Å². The van der Waals surface area contributed by atoms with Crippen LogP contribution in [-0.2, 0) is 16.6 Å². The first-order chi connectivity index (χ1) is 10.1. The summed E-state index contributed by atoms with van der Waals surface area (Å²) in [4.78, 5) is 14.2. The monoisotopic (exact) mass is 284 g/mol. The number of aryl methyl sites for hydroxylation is 1. The third kappa shape index (κ3) is 1.24. The number of nitrogens with one attached hydrogen (secondary N) is 1. The summed E-state index contributed by atoms with van der Waals surface area (Å²) in [5, 5.41) is 0. The van der Waals surface area contributed by atoms with Crippen molar-refractivity contribution in [3.63, 3.8) is 0 Å². The molecule has 3 nitrogen and oxygen atoms in total. The highest BCUT2D eigenvalue weighted by Crippen LogP contribution is 2.59. The summed E-state index contributed by atoms with van der Waals surface area (Å²) < 4.78 is 6.30. The van der Waals surface area contributed by atoms with Gasteiger partial charge in [-0.3, -0.25) is 4.79 Å². The first-order valence-corrected chi connectivity index (χ1v) is 8.27. The Balaban J connectivity index is 1.83. The van der Waals surface area contributed by atoms with Crippen molar-refractivity contribution in [3.05, 3.63) is 28.8 Å². The Labute approximate surface area is 125 Å². The van der Waals surface area contributed by atoms with Crippen LogP contribution in [0.25, 0.3) is 0 Å². The zero-order chi connectivity index (χ0) is 14.4. The highest BCUT2D eigenvalue weighted by molar-refractivity contribution is 5.88. The van der Waals surface area contributed by atoms with E-state index in [-0.39, 0.29) is 11.5 Å². The van der Waals surface area contributed by atoms with Crippen LogP contribution in [0.4, 0.5) is 0 Å². The van der Waals surface area contributed by atoms with Gasteiger partial charge in [0.2, 0.25) is 0 Å². The average molecular weight is 284 g/mol. The fraction of sp³-hybridized carbons (Fsp3) is 0.611. The molecular formula is C18H22NO2+. The molecule has 1 saturated carbocycles. The number of hydrogen-bond acceptors (Lipinski definition) is 2. The lowest BCUT2D eigenvalue weighted by molar-refractivity contribution is -0.919. The van der Waals surface area contributed by atoms with Gasteiger partial charge in [-0.15, -0.1) is 0 Å². The quantitative estimate of drug-likeness (QED) is 0.764. The second-order valence-electron chi connectivity index (χ2n) is 7.55. The van der Waals surface area contributed by atoms with Gasteiger partial charge in [0.1, 0.15) is 5.75 Å². The second kappa shape index (κ2) is 3.70. The van der Waals surface area contributed by atoms with E-state index in [1.54, 1.807) is 4.90 Å². The van der Waals surface area contributed by atoms with Gasteiger partial charge in [-0.2, -0.15) is 0 Å². The Morgan fingerprint density at radius 1 is 1.38 bits per heavy atom.